The van der Waals surface area contributed by atoms with Crippen molar-refractivity contribution in [1.29, 1.82) is 0 Å². The predicted octanol–water partition coefficient (Wildman–Crippen LogP) is 2.81. The van der Waals surface area contributed by atoms with Crippen LogP contribution in [0.1, 0.15) is 18.1 Å². The average molecular weight is 380 g/mol. The summed E-state index contributed by atoms with van der Waals surface area (Å²) in [6.07, 6.45) is -4.50. The molecule has 1 amide bonds. The average Bonchev–Trinajstić information content (AvgIpc) is 2.61. The summed E-state index contributed by atoms with van der Waals surface area (Å²) in [7, 11) is 3.92. The van der Waals surface area contributed by atoms with E-state index in [-0.39, 0.29) is 12.2 Å². The lowest BCUT2D eigenvalue weighted by atomic mass is 10.1. The van der Waals surface area contributed by atoms with Gasteiger partial charge in [-0.3, -0.25) is 4.79 Å². The fourth-order valence-corrected chi connectivity index (χ4v) is 2.77. The molecule has 0 radical (unpaired) electrons. The Morgan fingerprint density at radius 3 is 2.26 bits per heavy atom. The van der Waals surface area contributed by atoms with E-state index < -0.39 is 17.6 Å². The van der Waals surface area contributed by atoms with E-state index in [0.29, 0.717) is 13.1 Å². The van der Waals surface area contributed by atoms with Gasteiger partial charge in [-0.2, -0.15) is 13.2 Å². The minimum absolute atomic E-state index is 0.0954. The zero-order valence-corrected chi connectivity index (χ0v) is 15.7. The lowest BCUT2D eigenvalue weighted by molar-refractivity contribution is -0.903. The van der Waals surface area contributed by atoms with Crippen molar-refractivity contribution < 1.29 is 22.9 Å². The molecule has 0 aliphatic carbocycles. The van der Waals surface area contributed by atoms with Gasteiger partial charge in [0.2, 0.25) is 0 Å². The number of carbonyl (C=O) groups is 1. The Morgan fingerprint density at radius 1 is 1.07 bits per heavy atom. The number of quaternary nitrogens is 1. The molecule has 2 N–H and O–H groups in total. The van der Waals surface area contributed by atoms with E-state index in [1.807, 2.05) is 50.2 Å². The highest BCUT2D eigenvalue weighted by Crippen LogP contribution is 2.34. The minimum atomic E-state index is -4.50. The molecule has 0 saturated heterocycles. The number of carbonyl (C=O) groups excluding carboxylic acids is 1. The van der Waals surface area contributed by atoms with Crippen LogP contribution in [0.5, 0.6) is 0 Å². The van der Waals surface area contributed by atoms with Crippen LogP contribution < -0.4 is 15.1 Å². The standard InChI is InChI=1S/C20H24F3N3O/c1-4-26(13-15-9-11-16(12-10-15)25(2)3)14-19(27)24-18-8-6-5-7-17(18)20(21,22)23/h5-12H,4,13-14H2,1-3H3,(H,24,27)/p+1. The Hall–Kier alpha value is -2.54. The Morgan fingerprint density at radius 2 is 1.70 bits per heavy atom. The van der Waals surface area contributed by atoms with Gasteiger partial charge in [-0.15, -0.1) is 0 Å². The topological polar surface area (TPSA) is 36.8 Å². The second-order valence-corrected chi connectivity index (χ2v) is 6.61. The van der Waals surface area contributed by atoms with Crippen molar-refractivity contribution in [1.82, 2.24) is 0 Å². The summed E-state index contributed by atoms with van der Waals surface area (Å²) >= 11 is 0. The lowest BCUT2D eigenvalue weighted by Crippen LogP contribution is -3.11. The van der Waals surface area contributed by atoms with Gasteiger partial charge < -0.3 is 15.1 Å². The van der Waals surface area contributed by atoms with Gasteiger partial charge in [-0.05, 0) is 31.2 Å². The first-order chi connectivity index (χ1) is 12.7. The molecule has 0 aromatic heterocycles. The highest BCUT2D eigenvalue weighted by Gasteiger charge is 2.33. The third kappa shape index (κ3) is 5.99. The molecule has 0 aliphatic rings. The number of nitrogens with zero attached hydrogens (tertiary/aromatic N) is 1. The van der Waals surface area contributed by atoms with Crippen LogP contribution in [0.4, 0.5) is 24.5 Å². The number of halogens is 3. The van der Waals surface area contributed by atoms with Crippen molar-refractivity contribution in [3.8, 4) is 0 Å². The molecular weight excluding hydrogens is 355 g/mol. The van der Waals surface area contributed by atoms with Gasteiger partial charge in [-0.25, -0.2) is 0 Å². The van der Waals surface area contributed by atoms with Crippen LogP contribution in [0.2, 0.25) is 0 Å². The monoisotopic (exact) mass is 380 g/mol. The van der Waals surface area contributed by atoms with Crippen LogP contribution >= 0.6 is 0 Å². The van der Waals surface area contributed by atoms with Gasteiger partial charge in [0.25, 0.3) is 5.91 Å². The molecule has 27 heavy (non-hydrogen) atoms. The Labute approximate surface area is 157 Å². The fraction of sp³-hybridized carbons (Fsp3) is 0.350. The number of likely N-dealkylation sites (N-methyl/N-ethyl adjacent to an activating group) is 1. The normalized spacial score (nSPS) is 12.5. The second-order valence-electron chi connectivity index (χ2n) is 6.61. The van der Waals surface area contributed by atoms with Gasteiger partial charge in [0, 0.05) is 25.3 Å². The van der Waals surface area contributed by atoms with Gasteiger partial charge in [0.15, 0.2) is 6.54 Å². The number of para-hydroxylation sites is 1. The van der Waals surface area contributed by atoms with Crippen LogP contribution in [0.3, 0.4) is 0 Å². The zero-order chi connectivity index (χ0) is 20.0. The molecule has 2 rings (SSSR count). The molecule has 0 heterocycles. The first-order valence-corrected chi connectivity index (χ1v) is 8.76. The number of amides is 1. The van der Waals surface area contributed by atoms with E-state index in [4.69, 9.17) is 0 Å². The molecule has 2 aromatic carbocycles. The Bertz CT molecular complexity index is 758. The number of hydrogen-bond acceptors (Lipinski definition) is 2. The van der Waals surface area contributed by atoms with E-state index in [2.05, 4.69) is 5.32 Å². The van der Waals surface area contributed by atoms with Gasteiger partial charge in [0.1, 0.15) is 6.54 Å². The van der Waals surface area contributed by atoms with Crippen molar-refractivity contribution in [2.24, 2.45) is 0 Å². The molecule has 0 spiro atoms. The zero-order valence-electron chi connectivity index (χ0n) is 15.7. The summed E-state index contributed by atoms with van der Waals surface area (Å²) < 4.78 is 39.1. The predicted molar refractivity (Wildman–Crippen MR) is 101 cm³/mol. The fourth-order valence-electron chi connectivity index (χ4n) is 2.77. The maximum Gasteiger partial charge on any atom is 0.418 e. The maximum atomic E-state index is 13.0. The molecule has 4 nitrogen and oxygen atoms in total. The van der Waals surface area contributed by atoms with Gasteiger partial charge in [-0.1, -0.05) is 24.3 Å². The SMILES string of the molecule is CC[NH+](CC(=O)Nc1ccccc1C(F)(F)F)Cc1ccc(N(C)C)cc1. The summed E-state index contributed by atoms with van der Waals surface area (Å²) in [5, 5.41) is 2.41. The molecule has 0 saturated carbocycles. The quantitative estimate of drug-likeness (QED) is 0.775. The Kier molecular flexibility index (Phi) is 6.85. The Balaban J connectivity index is 2.01. The summed E-state index contributed by atoms with van der Waals surface area (Å²) in [4.78, 5) is 15.3. The van der Waals surface area contributed by atoms with Crippen molar-refractivity contribution in [2.75, 3.05) is 37.4 Å². The molecule has 1 atom stereocenters. The molecule has 7 heteroatoms. The lowest BCUT2D eigenvalue weighted by Gasteiger charge is -2.19. The van der Waals surface area contributed by atoms with Crippen LogP contribution in [-0.2, 0) is 17.5 Å². The molecule has 1 unspecified atom stereocenters. The molecule has 2 aromatic rings. The smallest absolute Gasteiger partial charge is 0.378 e. The minimum Gasteiger partial charge on any atom is -0.378 e. The summed E-state index contributed by atoms with van der Waals surface area (Å²) in [6.45, 7) is 3.35. The van der Waals surface area contributed by atoms with Crippen LogP contribution in [-0.4, -0.2) is 33.1 Å². The first-order valence-electron chi connectivity index (χ1n) is 8.76. The van der Waals surface area contributed by atoms with Gasteiger partial charge in [0.05, 0.1) is 17.8 Å². The van der Waals surface area contributed by atoms with E-state index >= 15 is 0 Å². The van der Waals surface area contributed by atoms with Crippen LogP contribution in [0.15, 0.2) is 48.5 Å². The van der Waals surface area contributed by atoms with Crippen molar-refractivity contribution >= 4 is 17.3 Å². The number of benzene rings is 2. The summed E-state index contributed by atoms with van der Waals surface area (Å²) in [6, 6.07) is 13.0. The van der Waals surface area contributed by atoms with E-state index in [9.17, 15) is 18.0 Å². The molecule has 0 fully saturated rings. The second kappa shape index (κ2) is 8.90. The van der Waals surface area contributed by atoms with Crippen molar-refractivity contribution in [3.63, 3.8) is 0 Å². The number of alkyl halides is 3. The number of nitrogens with one attached hydrogen (secondary N) is 2. The van der Waals surface area contributed by atoms with E-state index in [1.165, 1.54) is 18.2 Å². The summed E-state index contributed by atoms with van der Waals surface area (Å²) in [5.41, 5.74) is 1.11. The van der Waals surface area contributed by atoms with Crippen LogP contribution in [0, 0.1) is 0 Å². The first kappa shape index (κ1) is 20.8. The third-order valence-electron chi connectivity index (χ3n) is 4.32. The van der Waals surface area contributed by atoms with Crippen molar-refractivity contribution in [2.45, 2.75) is 19.6 Å². The molecule has 0 bridgehead atoms. The van der Waals surface area contributed by atoms with Gasteiger partial charge >= 0.3 is 6.18 Å². The highest BCUT2D eigenvalue weighted by atomic mass is 19.4. The molecule has 146 valence electrons. The van der Waals surface area contributed by atoms with Crippen molar-refractivity contribution in [3.05, 3.63) is 59.7 Å². The molecular formula is C20H25F3N3O+. The maximum absolute atomic E-state index is 13.0. The number of hydrogen-bond donors (Lipinski definition) is 2. The van der Waals surface area contributed by atoms with E-state index in [0.717, 1.165) is 22.2 Å². The number of rotatable bonds is 7. The largest absolute Gasteiger partial charge is 0.418 e. The summed E-state index contributed by atoms with van der Waals surface area (Å²) in [5.74, 6) is -0.437. The third-order valence-corrected chi connectivity index (χ3v) is 4.32. The number of anilines is 2. The van der Waals surface area contributed by atoms with Crippen LogP contribution in [0.25, 0.3) is 0 Å². The highest BCUT2D eigenvalue weighted by molar-refractivity contribution is 5.92. The van der Waals surface area contributed by atoms with E-state index in [1.54, 1.807) is 0 Å². The molecule has 0 aliphatic heterocycles.